The molecule has 1 unspecified atom stereocenters. The fourth-order valence-corrected chi connectivity index (χ4v) is 2.78. The summed E-state index contributed by atoms with van der Waals surface area (Å²) in [5.74, 6) is 2.44. The topological polar surface area (TPSA) is 148 Å². The Morgan fingerprint density at radius 2 is 2.36 bits per heavy atom. The van der Waals surface area contributed by atoms with Crippen molar-refractivity contribution in [2.24, 2.45) is 5.73 Å². The zero-order valence-corrected chi connectivity index (χ0v) is 12.1. The van der Waals surface area contributed by atoms with E-state index in [2.05, 4.69) is 20.9 Å². The molecule has 9 nitrogen and oxygen atoms in total. The number of terminal acetylenes is 1. The number of nitrogens with zero attached hydrogens (tertiary/aromatic N) is 3. The second-order valence-electron chi connectivity index (χ2n) is 5.01. The van der Waals surface area contributed by atoms with Gasteiger partial charge in [-0.3, -0.25) is 4.57 Å². The molecular formula is C12H14N6O3S. The Morgan fingerprint density at radius 1 is 1.64 bits per heavy atom. The summed E-state index contributed by atoms with van der Waals surface area (Å²) >= 11 is 5.10. The number of nitrogens with two attached hydrogens (primary N) is 2. The van der Waals surface area contributed by atoms with E-state index in [9.17, 15) is 10.2 Å². The Hall–Kier alpha value is -2.03. The molecule has 10 heteroatoms. The second-order valence-corrected chi connectivity index (χ2v) is 5.39. The van der Waals surface area contributed by atoms with E-state index >= 15 is 0 Å². The highest BCUT2D eigenvalue weighted by Gasteiger charge is 2.54. The first-order valence-electron chi connectivity index (χ1n) is 6.35. The predicted molar refractivity (Wildman–Crippen MR) is 79.9 cm³/mol. The van der Waals surface area contributed by atoms with Gasteiger partial charge in [0.25, 0.3) is 0 Å². The van der Waals surface area contributed by atoms with Crippen molar-refractivity contribution >= 4 is 29.3 Å². The first-order chi connectivity index (χ1) is 10.4. The third kappa shape index (κ3) is 1.92. The molecule has 1 fully saturated rings. The molecule has 1 saturated heterocycles. The van der Waals surface area contributed by atoms with Gasteiger partial charge in [-0.05, 0) is 0 Å². The Bertz CT molecular complexity index is 826. The van der Waals surface area contributed by atoms with E-state index in [1.54, 1.807) is 0 Å². The lowest BCUT2D eigenvalue weighted by Crippen LogP contribution is -2.53. The van der Waals surface area contributed by atoms with Gasteiger partial charge in [0.1, 0.15) is 23.4 Å². The number of aliphatic hydroxyl groups excluding tert-OH is 2. The SMILES string of the molecule is C#C[C@@]1(N)C(O)[C@@H](CO)O[C@H]1n1cnc2c(=S)nc(N)[nH]c21. The van der Waals surface area contributed by atoms with Crippen LogP contribution in [0.4, 0.5) is 5.95 Å². The van der Waals surface area contributed by atoms with Gasteiger partial charge >= 0.3 is 0 Å². The number of anilines is 1. The van der Waals surface area contributed by atoms with Gasteiger partial charge in [-0.1, -0.05) is 18.1 Å². The first kappa shape index (κ1) is 14.9. The minimum absolute atomic E-state index is 0.0971. The molecule has 7 N–H and O–H groups in total. The summed E-state index contributed by atoms with van der Waals surface area (Å²) in [4.78, 5) is 10.9. The van der Waals surface area contributed by atoms with E-state index in [0.717, 1.165) is 0 Å². The summed E-state index contributed by atoms with van der Waals surface area (Å²) in [5, 5.41) is 19.5. The van der Waals surface area contributed by atoms with Gasteiger partial charge in [0.05, 0.1) is 12.9 Å². The molecule has 4 atom stereocenters. The molecule has 3 rings (SSSR count). The molecule has 0 spiro atoms. The van der Waals surface area contributed by atoms with Crippen LogP contribution < -0.4 is 11.5 Å². The molecule has 2 aromatic rings. The summed E-state index contributed by atoms with van der Waals surface area (Å²) in [6.07, 6.45) is 3.78. The number of aromatic nitrogens is 4. The first-order valence-corrected chi connectivity index (χ1v) is 6.76. The summed E-state index contributed by atoms with van der Waals surface area (Å²) in [5.41, 5.74) is 11.0. The van der Waals surface area contributed by atoms with Gasteiger partial charge in [-0.15, -0.1) is 6.42 Å². The lowest BCUT2D eigenvalue weighted by atomic mass is 9.92. The minimum Gasteiger partial charge on any atom is -0.394 e. The molecule has 1 aliphatic heterocycles. The number of nitrogens with one attached hydrogen (secondary N) is 1. The molecule has 0 radical (unpaired) electrons. The summed E-state index contributed by atoms with van der Waals surface area (Å²) < 4.78 is 7.30. The maximum Gasteiger partial charge on any atom is 0.200 e. The van der Waals surface area contributed by atoms with Crippen LogP contribution >= 0.6 is 12.2 Å². The average molecular weight is 322 g/mol. The van der Waals surface area contributed by atoms with Crippen molar-refractivity contribution in [1.82, 2.24) is 19.5 Å². The number of hydrogen-bond donors (Lipinski definition) is 5. The summed E-state index contributed by atoms with van der Waals surface area (Å²) in [6, 6.07) is 0. The van der Waals surface area contributed by atoms with E-state index in [1.165, 1.54) is 10.9 Å². The smallest absolute Gasteiger partial charge is 0.200 e. The monoisotopic (exact) mass is 322 g/mol. The zero-order chi connectivity index (χ0) is 16.1. The van der Waals surface area contributed by atoms with E-state index < -0.39 is 30.6 Å². The molecule has 1 aliphatic rings. The Balaban J connectivity index is 2.19. The van der Waals surface area contributed by atoms with Gasteiger partial charge in [-0.2, -0.15) is 0 Å². The number of aliphatic hydroxyl groups is 2. The van der Waals surface area contributed by atoms with Crippen molar-refractivity contribution in [3.63, 3.8) is 0 Å². The molecule has 22 heavy (non-hydrogen) atoms. The van der Waals surface area contributed by atoms with Crippen LogP contribution in [0.2, 0.25) is 0 Å². The predicted octanol–water partition coefficient (Wildman–Crippen LogP) is -1.35. The standard InChI is InChI=1S/C12H14N6O3S/c1-2-12(14)7(20)5(3-19)21-10(12)18-4-15-6-8(18)16-11(13)17-9(6)22/h1,4-5,7,10,19-20H,3,14H2,(H3,13,16,17,22)/t5-,7?,10-,12-/m1/s1. The fourth-order valence-electron chi connectivity index (χ4n) is 2.53. The largest absolute Gasteiger partial charge is 0.394 e. The molecule has 0 aliphatic carbocycles. The van der Waals surface area contributed by atoms with E-state index in [-0.39, 0.29) is 10.6 Å². The van der Waals surface area contributed by atoms with Gasteiger partial charge < -0.3 is 31.4 Å². The molecule has 2 aromatic heterocycles. The van der Waals surface area contributed by atoms with Crippen LogP contribution in [0.25, 0.3) is 11.2 Å². The van der Waals surface area contributed by atoms with Crippen LogP contribution in [-0.2, 0) is 4.74 Å². The molecule has 116 valence electrons. The number of H-pyrrole nitrogens is 1. The van der Waals surface area contributed by atoms with Crippen molar-refractivity contribution in [2.75, 3.05) is 12.3 Å². The number of imidazole rings is 1. The Kier molecular flexibility index (Phi) is 3.39. The van der Waals surface area contributed by atoms with Crippen molar-refractivity contribution in [3.8, 4) is 12.3 Å². The fraction of sp³-hybridized carbons (Fsp3) is 0.417. The lowest BCUT2D eigenvalue weighted by Gasteiger charge is -2.27. The molecule has 0 saturated carbocycles. The van der Waals surface area contributed by atoms with Crippen LogP contribution in [0.5, 0.6) is 0 Å². The van der Waals surface area contributed by atoms with Crippen LogP contribution in [0.1, 0.15) is 6.23 Å². The third-order valence-corrected chi connectivity index (χ3v) is 3.99. The number of ether oxygens (including phenoxy) is 1. The molecule has 0 bridgehead atoms. The van der Waals surface area contributed by atoms with Crippen molar-refractivity contribution in [2.45, 2.75) is 24.0 Å². The highest BCUT2D eigenvalue weighted by molar-refractivity contribution is 7.71. The van der Waals surface area contributed by atoms with Crippen molar-refractivity contribution in [1.29, 1.82) is 0 Å². The summed E-state index contributed by atoms with van der Waals surface area (Å²) in [6.45, 7) is -0.426. The van der Waals surface area contributed by atoms with Crippen LogP contribution in [0.3, 0.4) is 0 Å². The van der Waals surface area contributed by atoms with Crippen molar-refractivity contribution < 1.29 is 14.9 Å². The van der Waals surface area contributed by atoms with Crippen LogP contribution in [0, 0.1) is 17.0 Å². The van der Waals surface area contributed by atoms with Gasteiger partial charge in [0.15, 0.2) is 22.4 Å². The third-order valence-electron chi connectivity index (χ3n) is 3.70. The number of fused-ring (bicyclic) bond motifs is 1. The number of hydrogen-bond acceptors (Lipinski definition) is 8. The zero-order valence-electron chi connectivity index (χ0n) is 11.3. The number of aromatic amines is 1. The lowest BCUT2D eigenvalue weighted by molar-refractivity contribution is -0.0447. The maximum absolute atomic E-state index is 10.2. The Morgan fingerprint density at radius 3 is 3.00 bits per heavy atom. The minimum atomic E-state index is -1.55. The van der Waals surface area contributed by atoms with Gasteiger partial charge in [0.2, 0.25) is 0 Å². The highest BCUT2D eigenvalue weighted by Crippen LogP contribution is 2.37. The Labute approximate surface area is 129 Å². The van der Waals surface area contributed by atoms with E-state index in [1.807, 2.05) is 0 Å². The van der Waals surface area contributed by atoms with Gasteiger partial charge in [0, 0.05) is 0 Å². The highest BCUT2D eigenvalue weighted by atomic mass is 32.1. The molecule has 0 aromatic carbocycles. The van der Waals surface area contributed by atoms with E-state index in [0.29, 0.717) is 11.2 Å². The van der Waals surface area contributed by atoms with Crippen LogP contribution in [-0.4, -0.2) is 54.1 Å². The normalized spacial score (nSPS) is 31.5. The second kappa shape index (κ2) is 5.01. The molecular weight excluding hydrogens is 308 g/mol. The maximum atomic E-state index is 10.2. The summed E-state index contributed by atoms with van der Waals surface area (Å²) in [7, 11) is 0. The number of rotatable bonds is 2. The number of nitrogen functional groups attached to an aromatic ring is 1. The van der Waals surface area contributed by atoms with Crippen molar-refractivity contribution in [3.05, 3.63) is 11.0 Å². The van der Waals surface area contributed by atoms with Gasteiger partial charge in [-0.25, -0.2) is 9.97 Å². The van der Waals surface area contributed by atoms with Crippen LogP contribution in [0.15, 0.2) is 6.33 Å². The quantitative estimate of drug-likeness (QED) is 0.337. The molecule has 3 heterocycles. The average Bonchev–Trinajstić information content (AvgIpc) is 3.00. The van der Waals surface area contributed by atoms with E-state index in [4.69, 9.17) is 34.8 Å². The molecule has 0 amide bonds.